The van der Waals surface area contributed by atoms with E-state index in [2.05, 4.69) is 10.6 Å². The molecule has 6 nitrogen and oxygen atoms in total. The first-order valence-corrected chi connectivity index (χ1v) is 11.5. The van der Waals surface area contributed by atoms with Crippen LogP contribution in [0.2, 0.25) is 0 Å². The van der Waals surface area contributed by atoms with E-state index in [1.54, 1.807) is 0 Å². The first kappa shape index (κ1) is 20.8. The zero-order valence-electron chi connectivity index (χ0n) is 12.3. The highest BCUT2D eigenvalue weighted by Gasteiger charge is 2.16. The lowest BCUT2D eigenvalue weighted by Gasteiger charge is -2.19. The van der Waals surface area contributed by atoms with E-state index in [1.165, 1.54) is 50.3 Å². The van der Waals surface area contributed by atoms with Crippen LogP contribution < -0.4 is 10.6 Å². The van der Waals surface area contributed by atoms with Crippen LogP contribution in [0.5, 0.6) is 0 Å². The van der Waals surface area contributed by atoms with Crippen LogP contribution in [0, 0.1) is 5.41 Å². The molecule has 0 aromatic heterocycles. The standard InChI is InChI=1S/C11H21N3O3S4/c1-17-9(12)4-8(14-11(16)7-21-19-3)5-13-10(15)6-20-18-2/h8,12H,4-7H2,1-3H3,(H,13,15)(H,14,16). The fourth-order valence-corrected chi connectivity index (χ4v) is 3.25. The molecule has 0 aromatic carbocycles. The summed E-state index contributed by atoms with van der Waals surface area (Å²) in [6.07, 6.45) is 4.06. The van der Waals surface area contributed by atoms with Gasteiger partial charge in [-0.25, -0.2) is 0 Å². The van der Waals surface area contributed by atoms with Crippen molar-refractivity contribution in [3.63, 3.8) is 0 Å². The number of hydrogen-bond donors (Lipinski definition) is 3. The van der Waals surface area contributed by atoms with Gasteiger partial charge >= 0.3 is 0 Å². The number of methoxy groups -OCH3 is 1. The SMILES string of the molecule is COC(=N)CC(CNC(=O)CSSC)NC(=O)CSSC. The maximum Gasteiger partial charge on any atom is 0.231 e. The zero-order chi connectivity index (χ0) is 16.1. The highest BCUT2D eigenvalue weighted by Crippen LogP contribution is 2.16. The summed E-state index contributed by atoms with van der Waals surface area (Å²) in [5.74, 6) is 0.581. The van der Waals surface area contributed by atoms with Gasteiger partial charge in [-0.05, 0) is 12.5 Å². The van der Waals surface area contributed by atoms with Crippen LogP contribution in [0.3, 0.4) is 0 Å². The van der Waals surface area contributed by atoms with Crippen molar-refractivity contribution < 1.29 is 14.3 Å². The van der Waals surface area contributed by atoms with E-state index >= 15 is 0 Å². The van der Waals surface area contributed by atoms with Crippen molar-refractivity contribution in [2.45, 2.75) is 12.5 Å². The highest BCUT2D eigenvalue weighted by molar-refractivity contribution is 8.76. The summed E-state index contributed by atoms with van der Waals surface area (Å²) in [4.78, 5) is 23.3. The highest BCUT2D eigenvalue weighted by atomic mass is 33.1. The van der Waals surface area contributed by atoms with Gasteiger partial charge in [-0.1, -0.05) is 43.2 Å². The minimum absolute atomic E-state index is 0.0746. The number of amides is 2. The van der Waals surface area contributed by atoms with Gasteiger partial charge in [0.25, 0.3) is 0 Å². The van der Waals surface area contributed by atoms with E-state index < -0.39 is 0 Å². The van der Waals surface area contributed by atoms with Gasteiger partial charge in [0.1, 0.15) is 0 Å². The monoisotopic (exact) mass is 371 g/mol. The van der Waals surface area contributed by atoms with Crippen molar-refractivity contribution in [2.24, 2.45) is 0 Å². The number of carbonyl (C=O) groups excluding carboxylic acids is 2. The molecule has 0 spiro atoms. The largest absolute Gasteiger partial charge is 0.484 e. The maximum atomic E-state index is 11.7. The van der Waals surface area contributed by atoms with Crippen molar-refractivity contribution in [1.29, 1.82) is 5.41 Å². The van der Waals surface area contributed by atoms with Crippen molar-refractivity contribution in [3.05, 3.63) is 0 Å². The van der Waals surface area contributed by atoms with Crippen molar-refractivity contribution in [2.75, 3.05) is 37.7 Å². The van der Waals surface area contributed by atoms with Crippen LogP contribution in [0.15, 0.2) is 0 Å². The molecule has 0 aromatic rings. The second-order valence-corrected chi connectivity index (χ2v) is 8.89. The first-order chi connectivity index (χ1) is 10.0. The average Bonchev–Trinajstić information content (AvgIpc) is 2.48. The third-order valence-corrected chi connectivity index (χ3v) is 5.56. The molecule has 0 rings (SSSR count). The Morgan fingerprint density at radius 3 is 2.24 bits per heavy atom. The predicted octanol–water partition coefficient (Wildman–Crippen LogP) is 1.62. The summed E-state index contributed by atoms with van der Waals surface area (Å²) in [5.41, 5.74) is 0. The van der Waals surface area contributed by atoms with Crippen molar-refractivity contribution >= 4 is 60.9 Å². The quantitative estimate of drug-likeness (QED) is 0.289. The lowest BCUT2D eigenvalue weighted by molar-refractivity contribution is -0.121. The lowest BCUT2D eigenvalue weighted by Crippen LogP contribution is -2.45. The van der Waals surface area contributed by atoms with Gasteiger partial charge in [-0.2, -0.15) is 0 Å². The van der Waals surface area contributed by atoms with Crippen LogP contribution in [0.1, 0.15) is 6.42 Å². The van der Waals surface area contributed by atoms with Gasteiger partial charge in [0.15, 0.2) is 5.90 Å². The Kier molecular flexibility index (Phi) is 13.3. The summed E-state index contributed by atoms with van der Waals surface area (Å²) in [6, 6.07) is -0.337. The molecule has 3 N–H and O–H groups in total. The fourth-order valence-electron chi connectivity index (χ4n) is 1.26. The van der Waals surface area contributed by atoms with Crippen LogP contribution in [0.25, 0.3) is 0 Å². The Labute approximate surface area is 141 Å². The molecule has 0 heterocycles. The molecule has 21 heavy (non-hydrogen) atoms. The van der Waals surface area contributed by atoms with Gasteiger partial charge in [0.2, 0.25) is 11.8 Å². The molecule has 0 radical (unpaired) electrons. The zero-order valence-corrected chi connectivity index (χ0v) is 15.5. The van der Waals surface area contributed by atoms with E-state index in [0.29, 0.717) is 11.5 Å². The Morgan fingerprint density at radius 1 is 1.14 bits per heavy atom. The summed E-state index contributed by atoms with van der Waals surface area (Å²) in [7, 11) is 7.36. The minimum Gasteiger partial charge on any atom is -0.484 e. The smallest absolute Gasteiger partial charge is 0.231 e. The van der Waals surface area contributed by atoms with Gasteiger partial charge in [0, 0.05) is 13.0 Å². The molecular weight excluding hydrogens is 350 g/mol. The summed E-state index contributed by atoms with van der Waals surface area (Å²) < 4.78 is 4.82. The van der Waals surface area contributed by atoms with Gasteiger partial charge in [-0.15, -0.1) is 0 Å². The van der Waals surface area contributed by atoms with E-state index in [0.717, 1.165) is 0 Å². The molecule has 0 fully saturated rings. The van der Waals surface area contributed by atoms with E-state index in [-0.39, 0.29) is 36.7 Å². The maximum absolute atomic E-state index is 11.7. The molecule has 0 aliphatic carbocycles. The van der Waals surface area contributed by atoms with Crippen molar-refractivity contribution in [3.8, 4) is 0 Å². The minimum atomic E-state index is -0.337. The molecule has 0 saturated heterocycles. The number of nitrogens with one attached hydrogen (secondary N) is 3. The Balaban J connectivity index is 4.28. The van der Waals surface area contributed by atoms with Gasteiger partial charge < -0.3 is 15.4 Å². The second kappa shape index (κ2) is 13.5. The predicted molar refractivity (Wildman–Crippen MR) is 96.2 cm³/mol. The molecule has 0 saturated carbocycles. The summed E-state index contributed by atoms with van der Waals surface area (Å²) in [6.45, 7) is 0.287. The van der Waals surface area contributed by atoms with E-state index in [9.17, 15) is 9.59 Å². The molecule has 0 aliphatic rings. The Morgan fingerprint density at radius 2 is 1.71 bits per heavy atom. The number of rotatable bonds is 11. The fraction of sp³-hybridized carbons (Fsp3) is 0.727. The number of ether oxygens (including phenoxy) is 1. The van der Waals surface area contributed by atoms with Crippen LogP contribution >= 0.6 is 43.2 Å². The Bertz CT molecular complexity index is 345. The second-order valence-electron chi connectivity index (χ2n) is 3.76. The summed E-state index contributed by atoms with van der Waals surface area (Å²) >= 11 is 0. The third kappa shape index (κ3) is 12.1. The van der Waals surface area contributed by atoms with Gasteiger partial charge in [-0.3, -0.25) is 15.0 Å². The molecule has 0 aliphatic heterocycles. The van der Waals surface area contributed by atoms with Gasteiger partial charge in [0.05, 0.1) is 24.7 Å². The molecule has 1 unspecified atom stereocenters. The molecule has 1 atom stereocenters. The van der Waals surface area contributed by atoms with Crippen LogP contribution in [0.4, 0.5) is 0 Å². The number of hydrogen-bond acceptors (Lipinski definition) is 8. The van der Waals surface area contributed by atoms with Crippen LogP contribution in [-0.2, 0) is 14.3 Å². The topological polar surface area (TPSA) is 91.3 Å². The van der Waals surface area contributed by atoms with Crippen LogP contribution in [-0.4, -0.2) is 61.4 Å². The van der Waals surface area contributed by atoms with E-state index in [1.807, 2.05) is 12.5 Å². The molecule has 0 bridgehead atoms. The lowest BCUT2D eigenvalue weighted by atomic mass is 10.2. The first-order valence-electron chi connectivity index (χ1n) is 6.02. The normalized spacial score (nSPS) is 11.6. The molecule has 2 amide bonds. The summed E-state index contributed by atoms with van der Waals surface area (Å²) in [5, 5.41) is 13.1. The number of carbonyl (C=O) groups is 2. The van der Waals surface area contributed by atoms with Crippen molar-refractivity contribution in [1.82, 2.24) is 10.6 Å². The third-order valence-electron chi connectivity index (χ3n) is 2.20. The molecule has 10 heteroatoms. The molecule has 122 valence electrons. The average molecular weight is 372 g/mol. The molecular formula is C11H21N3O3S4. The Hall–Kier alpha value is -0.190. The van der Waals surface area contributed by atoms with E-state index in [4.69, 9.17) is 10.1 Å².